The van der Waals surface area contributed by atoms with Crippen molar-refractivity contribution in [1.82, 2.24) is 0 Å². The van der Waals surface area contributed by atoms with Gasteiger partial charge in [-0.3, -0.25) is 14.3 Å². The van der Waals surface area contributed by atoms with Gasteiger partial charge in [0, 0.05) is 41.2 Å². The first kappa shape index (κ1) is 34.9. The molecule has 50 heavy (non-hydrogen) atoms. The lowest BCUT2D eigenvalue weighted by Crippen LogP contribution is -2.16. The van der Waals surface area contributed by atoms with Crippen molar-refractivity contribution in [1.29, 1.82) is 0 Å². The minimum atomic E-state index is -0.117. The van der Waals surface area contributed by atoms with Gasteiger partial charge in [-0.05, 0) is 126 Å². The molecule has 2 nitrogen and oxygen atoms in total. The third kappa shape index (κ3) is 4.27. The Kier molecular flexibility index (Phi) is 7.69. The molecule has 7 heteroatoms. The predicted octanol–water partition coefficient (Wildman–Crippen LogP) is 13.3. The summed E-state index contributed by atoms with van der Waals surface area (Å²) in [5.74, 6) is 0. The van der Waals surface area contributed by atoms with E-state index in [4.69, 9.17) is 0 Å². The van der Waals surface area contributed by atoms with Crippen LogP contribution in [0.4, 0.5) is 4.70 Å². The highest BCUT2D eigenvalue weighted by atomic mass is 32.1. The summed E-state index contributed by atoms with van der Waals surface area (Å²) in [6.07, 6.45) is 1.91. The van der Waals surface area contributed by atoms with Gasteiger partial charge in [0.1, 0.15) is 0 Å². The number of benzene rings is 2. The molecule has 0 unspecified atom stereocenters. The molecule has 0 fully saturated rings. The number of carbonyl (C=O) groups excluding carboxylic acids is 2. The maximum atomic E-state index is 11.3. The lowest BCUT2D eigenvalue weighted by Gasteiger charge is -2.24. The Balaban J connectivity index is 0.000000152. The molecule has 0 saturated carbocycles. The van der Waals surface area contributed by atoms with Crippen molar-refractivity contribution in [3.05, 3.63) is 112 Å². The molecule has 4 aliphatic rings. The molecule has 0 N–H and O–H groups in total. The van der Waals surface area contributed by atoms with Crippen LogP contribution in [0.15, 0.2) is 59.3 Å². The SMILES string of the molecule is C.CC1(C)c2cc3c(cc2-c2sc(C=O)cc21)C(C)(C)c1sc(C=O)cc1-3.CC1(C)c2cc3c(cc2-c2sccc21)C(C)(C)c1sccc1-3.F. The number of hydrogen-bond acceptors (Lipinski definition) is 6. The van der Waals surface area contributed by atoms with E-state index >= 15 is 0 Å². The topological polar surface area (TPSA) is 34.1 Å². The van der Waals surface area contributed by atoms with Gasteiger partial charge in [-0.1, -0.05) is 62.8 Å². The predicted molar refractivity (Wildman–Crippen MR) is 215 cm³/mol. The molecule has 4 aliphatic carbocycles. The van der Waals surface area contributed by atoms with E-state index in [0.29, 0.717) is 0 Å². The third-order valence-electron chi connectivity index (χ3n) is 11.6. The smallest absolute Gasteiger partial charge is 0.160 e. The minimum absolute atomic E-state index is 0. The molecule has 2 aromatic carbocycles. The second-order valence-electron chi connectivity index (χ2n) is 15.7. The van der Waals surface area contributed by atoms with Crippen molar-refractivity contribution in [2.24, 2.45) is 0 Å². The zero-order valence-corrected chi connectivity index (χ0v) is 32.1. The summed E-state index contributed by atoms with van der Waals surface area (Å²) < 4.78 is 0. The fraction of sp³-hybridized carbons (Fsp3) is 0.302. The van der Waals surface area contributed by atoms with E-state index < -0.39 is 0 Å². The van der Waals surface area contributed by atoms with Crippen molar-refractivity contribution in [2.45, 2.75) is 84.5 Å². The summed E-state index contributed by atoms with van der Waals surface area (Å²) in [5.41, 5.74) is 16.5. The Morgan fingerprint density at radius 2 is 0.960 bits per heavy atom. The molecule has 4 aromatic heterocycles. The van der Waals surface area contributed by atoms with Crippen LogP contribution in [0.3, 0.4) is 0 Å². The zero-order chi connectivity index (χ0) is 33.7. The van der Waals surface area contributed by atoms with Crippen LogP contribution in [-0.4, -0.2) is 12.6 Å². The second kappa shape index (κ2) is 11.0. The van der Waals surface area contributed by atoms with Crippen LogP contribution in [-0.2, 0) is 21.7 Å². The molecular weight excluding hydrogens is 696 g/mol. The maximum absolute atomic E-state index is 11.3. The molecule has 4 heterocycles. The number of rotatable bonds is 2. The number of aldehydes is 2. The summed E-state index contributed by atoms with van der Waals surface area (Å²) in [6.45, 7) is 18.4. The number of halogens is 1. The van der Waals surface area contributed by atoms with Crippen LogP contribution < -0.4 is 0 Å². The minimum Gasteiger partial charge on any atom is -0.297 e. The number of carbonyl (C=O) groups is 2. The van der Waals surface area contributed by atoms with E-state index in [1.165, 1.54) is 86.3 Å². The second-order valence-corrected chi connectivity index (χ2v) is 19.7. The van der Waals surface area contributed by atoms with Gasteiger partial charge >= 0.3 is 0 Å². The van der Waals surface area contributed by atoms with Crippen LogP contribution in [0.2, 0.25) is 0 Å². The van der Waals surface area contributed by atoms with E-state index in [0.717, 1.165) is 22.3 Å². The van der Waals surface area contributed by atoms with E-state index in [9.17, 15) is 9.59 Å². The number of fused-ring (bicyclic) bond motifs is 12. The van der Waals surface area contributed by atoms with Crippen LogP contribution in [0, 0.1) is 0 Å². The van der Waals surface area contributed by atoms with Crippen LogP contribution in [0.5, 0.6) is 0 Å². The highest BCUT2D eigenvalue weighted by Crippen LogP contribution is 2.60. The fourth-order valence-corrected chi connectivity index (χ4v) is 13.3. The summed E-state index contributed by atoms with van der Waals surface area (Å²) in [4.78, 5) is 29.7. The monoisotopic (exact) mass is 736 g/mol. The number of hydrogen-bond donors (Lipinski definition) is 0. The maximum Gasteiger partial charge on any atom is 0.160 e. The Morgan fingerprint density at radius 1 is 0.460 bits per heavy atom. The summed E-state index contributed by atoms with van der Waals surface area (Å²) in [6, 6.07) is 18.3. The molecule has 6 aromatic rings. The fourth-order valence-electron chi connectivity index (χ4n) is 8.90. The highest BCUT2D eigenvalue weighted by molar-refractivity contribution is 7.17. The molecule has 0 bridgehead atoms. The first-order valence-electron chi connectivity index (χ1n) is 16.5. The van der Waals surface area contributed by atoms with E-state index in [1.807, 2.05) is 34.8 Å². The highest BCUT2D eigenvalue weighted by Gasteiger charge is 2.44. The zero-order valence-electron chi connectivity index (χ0n) is 28.8. The van der Waals surface area contributed by atoms with Gasteiger partial charge < -0.3 is 0 Å². The van der Waals surface area contributed by atoms with Crippen LogP contribution >= 0.6 is 45.3 Å². The van der Waals surface area contributed by atoms with Crippen molar-refractivity contribution in [3.63, 3.8) is 0 Å². The van der Waals surface area contributed by atoms with Gasteiger partial charge in [-0.25, -0.2) is 0 Å². The molecule has 0 atom stereocenters. The summed E-state index contributed by atoms with van der Waals surface area (Å²) >= 11 is 6.99. The molecule has 0 saturated heterocycles. The van der Waals surface area contributed by atoms with Crippen molar-refractivity contribution in [2.75, 3.05) is 0 Å². The van der Waals surface area contributed by atoms with Crippen LogP contribution in [0.25, 0.3) is 43.1 Å². The van der Waals surface area contributed by atoms with Crippen molar-refractivity contribution >= 4 is 57.9 Å². The molecule has 0 radical (unpaired) electrons. The average Bonchev–Trinajstić information content (AvgIpc) is 3.90. The molecular formula is C43H41FO2S4. The Labute approximate surface area is 310 Å². The molecule has 0 aliphatic heterocycles. The van der Waals surface area contributed by atoms with Gasteiger partial charge in [0.25, 0.3) is 0 Å². The third-order valence-corrected chi connectivity index (χ3v) is 16.3. The Hall–Kier alpha value is -3.49. The molecule has 256 valence electrons. The lowest BCUT2D eigenvalue weighted by atomic mass is 9.80. The summed E-state index contributed by atoms with van der Waals surface area (Å²) in [7, 11) is 0. The number of thiophene rings is 4. The first-order chi connectivity index (χ1) is 22.7. The van der Waals surface area contributed by atoms with Gasteiger partial charge in [0.05, 0.1) is 9.75 Å². The normalized spacial score (nSPS) is 17.3. The van der Waals surface area contributed by atoms with Crippen molar-refractivity contribution < 1.29 is 14.3 Å². The van der Waals surface area contributed by atoms with Gasteiger partial charge in [-0.2, -0.15) is 0 Å². The lowest BCUT2D eigenvalue weighted by molar-refractivity contribution is 0.111. The van der Waals surface area contributed by atoms with E-state index in [2.05, 4.69) is 103 Å². The van der Waals surface area contributed by atoms with Gasteiger partial charge in [0.2, 0.25) is 0 Å². The molecule has 0 amide bonds. The Morgan fingerprint density at radius 3 is 1.60 bits per heavy atom. The largest absolute Gasteiger partial charge is 0.297 e. The van der Waals surface area contributed by atoms with Crippen LogP contribution in [0.1, 0.15) is 125 Å². The quantitative estimate of drug-likeness (QED) is 0.166. The van der Waals surface area contributed by atoms with E-state index in [-0.39, 0.29) is 33.8 Å². The average molecular weight is 737 g/mol. The van der Waals surface area contributed by atoms with Crippen molar-refractivity contribution in [3.8, 4) is 43.1 Å². The van der Waals surface area contributed by atoms with E-state index in [1.54, 1.807) is 22.7 Å². The van der Waals surface area contributed by atoms with Gasteiger partial charge in [-0.15, -0.1) is 45.3 Å². The Bertz CT molecular complexity index is 2240. The molecule has 0 spiro atoms. The molecule has 10 rings (SSSR count). The summed E-state index contributed by atoms with van der Waals surface area (Å²) in [5, 5.41) is 4.48. The standard InChI is InChI=1S/C22H18O2S2.C20H18S2.CH4.FH/c1-21(2)17-7-13-14-5-11(9-23)26-20(14)22(3,4)16(13)8-15(17)19-18(21)6-12(10-24)25-19;1-19(2)14-6-8-21-17(14)13-10-15-12(9-16(13)19)11-5-7-22-18(11)20(15,3)4;;/h5-10H,1-4H3;5-10H,1-4H3;1H4;1H. The van der Waals surface area contributed by atoms with Gasteiger partial charge in [0.15, 0.2) is 12.6 Å². The first-order valence-corrected chi connectivity index (χ1v) is 19.8.